The molecule has 2 aromatic heterocycles. The van der Waals surface area contributed by atoms with Crippen LogP contribution in [0.3, 0.4) is 0 Å². The minimum Gasteiger partial charge on any atom is -0.330 e. The summed E-state index contributed by atoms with van der Waals surface area (Å²) in [6.45, 7) is 0.754. The van der Waals surface area contributed by atoms with E-state index in [9.17, 15) is 0 Å². The molecule has 0 aliphatic heterocycles. The van der Waals surface area contributed by atoms with Gasteiger partial charge in [0.05, 0.1) is 15.1 Å². The Kier molecular flexibility index (Phi) is 1.54. The molecule has 1 saturated carbocycles. The third-order valence-electron chi connectivity index (χ3n) is 2.83. The fourth-order valence-electron chi connectivity index (χ4n) is 1.70. The van der Waals surface area contributed by atoms with Gasteiger partial charge in [-0.3, -0.25) is 0 Å². The van der Waals surface area contributed by atoms with Gasteiger partial charge in [-0.15, -0.1) is 11.3 Å². The van der Waals surface area contributed by atoms with Crippen molar-refractivity contribution < 1.29 is 0 Å². The molecule has 0 radical (unpaired) electrons. The van der Waals surface area contributed by atoms with Gasteiger partial charge in [0, 0.05) is 12.0 Å². The van der Waals surface area contributed by atoms with Crippen LogP contribution in [0.5, 0.6) is 0 Å². The van der Waals surface area contributed by atoms with Crippen LogP contribution in [0.15, 0.2) is 11.4 Å². The fourth-order valence-corrected chi connectivity index (χ4v) is 3.79. The maximum Gasteiger partial charge on any atom is 0.0794 e. The van der Waals surface area contributed by atoms with E-state index in [1.165, 1.54) is 27.9 Å². The van der Waals surface area contributed by atoms with Gasteiger partial charge < -0.3 is 5.73 Å². The fraction of sp³-hybridized carbons (Fsp3) is 0.444. The minimum absolute atomic E-state index is 0.253. The topological polar surface area (TPSA) is 38.9 Å². The molecule has 0 saturated heterocycles. The van der Waals surface area contributed by atoms with Gasteiger partial charge in [0.2, 0.25) is 0 Å². The molecule has 2 nitrogen and oxygen atoms in total. The van der Waals surface area contributed by atoms with E-state index in [1.807, 2.05) is 0 Å². The second kappa shape index (κ2) is 2.53. The van der Waals surface area contributed by atoms with Gasteiger partial charge in [-0.2, -0.15) is 4.37 Å². The van der Waals surface area contributed by atoms with Gasteiger partial charge in [0.25, 0.3) is 0 Å². The van der Waals surface area contributed by atoms with Gasteiger partial charge in [-0.25, -0.2) is 0 Å². The Morgan fingerprint density at radius 3 is 3.08 bits per heavy atom. The number of nitrogens with zero attached hydrogens (tertiary/aromatic N) is 1. The number of hydrogen-bond acceptors (Lipinski definition) is 4. The third-order valence-corrected chi connectivity index (χ3v) is 4.69. The predicted octanol–water partition coefficient (Wildman–Crippen LogP) is 2.35. The summed E-state index contributed by atoms with van der Waals surface area (Å²) in [6, 6.07) is 2.15. The monoisotopic (exact) mass is 210 g/mol. The van der Waals surface area contributed by atoms with Crippen LogP contribution < -0.4 is 5.73 Å². The smallest absolute Gasteiger partial charge is 0.0794 e. The quantitative estimate of drug-likeness (QED) is 0.826. The summed E-state index contributed by atoms with van der Waals surface area (Å²) >= 11 is 3.40. The van der Waals surface area contributed by atoms with E-state index in [0.29, 0.717) is 0 Å². The van der Waals surface area contributed by atoms with Crippen molar-refractivity contribution >= 4 is 32.3 Å². The molecule has 0 bridgehead atoms. The molecule has 1 aliphatic rings. The zero-order valence-corrected chi connectivity index (χ0v) is 8.75. The van der Waals surface area contributed by atoms with Crippen LogP contribution in [0.1, 0.15) is 18.5 Å². The van der Waals surface area contributed by atoms with Crippen molar-refractivity contribution in [1.82, 2.24) is 4.37 Å². The van der Waals surface area contributed by atoms with E-state index in [2.05, 4.69) is 15.8 Å². The SMILES string of the molecule is NCC1(c2nsc3ccsc23)CC1. The largest absolute Gasteiger partial charge is 0.330 e. The zero-order chi connectivity index (χ0) is 8.89. The van der Waals surface area contributed by atoms with Crippen LogP contribution in [0, 0.1) is 0 Å². The highest BCUT2D eigenvalue weighted by atomic mass is 32.1. The van der Waals surface area contributed by atoms with Crippen molar-refractivity contribution in [2.24, 2.45) is 5.73 Å². The second-order valence-corrected chi connectivity index (χ2v) is 5.35. The summed E-state index contributed by atoms with van der Waals surface area (Å²) in [5.74, 6) is 0. The highest BCUT2D eigenvalue weighted by Gasteiger charge is 2.46. The number of aromatic nitrogens is 1. The summed E-state index contributed by atoms with van der Waals surface area (Å²) in [7, 11) is 0. The Bertz CT molecular complexity index is 439. The molecule has 13 heavy (non-hydrogen) atoms. The van der Waals surface area contributed by atoms with Crippen molar-refractivity contribution in [3.63, 3.8) is 0 Å². The van der Waals surface area contributed by atoms with E-state index >= 15 is 0 Å². The molecule has 0 atom stereocenters. The van der Waals surface area contributed by atoms with Gasteiger partial charge in [-0.1, -0.05) is 0 Å². The average molecular weight is 210 g/mol. The molecule has 0 spiro atoms. The lowest BCUT2D eigenvalue weighted by atomic mass is 10.0. The van der Waals surface area contributed by atoms with E-state index in [4.69, 9.17) is 5.73 Å². The number of fused-ring (bicyclic) bond motifs is 1. The van der Waals surface area contributed by atoms with E-state index in [-0.39, 0.29) is 5.41 Å². The van der Waals surface area contributed by atoms with Crippen molar-refractivity contribution in [2.45, 2.75) is 18.3 Å². The molecule has 0 aromatic carbocycles. The number of nitrogens with two attached hydrogens (primary N) is 1. The van der Waals surface area contributed by atoms with E-state index < -0.39 is 0 Å². The summed E-state index contributed by atoms with van der Waals surface area (Å²) in [6.07, 6.45) is 2.44. The highest BCUT2D eigenvalue weighted by molar-refractivity contribution is 7.24. The third kappa shape index (κ3) is 0.994. The highest BCUT2D eigenvalue weighted by Crippen LogP contribution is 2.50. The van der Waals surface area contributed by atoms with Crippen LogP contribution in [0.2, 0.25) is 0 Å². The maximum absolute atomic E-state index is 5.79. The summed E-state index contributed by atoms with van der Waals surface area (Å²) < 4.78 is 7.22. The van der Waals surface area contributed by atoms with Gasteiger partial charge >= 0.3 is 0 Å². The average Bonchev–Trinajstić information content (AvgIpc) is 2.62. The number of rotatable bonds is 2. The van der Waals surface area contributed by atoms with Crippen molar-refractivity contribution in [3.8, 4) is 0 Å². The first-order valence-corrected chi connectivity index (χ1v) is 6.04. The molecule has 0 amide bonds. The lowest BCUT2D eigenvalue weighted by molar-refractivity contribution is 0.695. The normalized spacial score (nSPS) is 19.5. The Morgan fingerprint density at radius 2 is 2.38 bits per heavy atom. The molecule has 1 aliphatic carbocycles. The first kappa shape index (κ1) is 7.91. The summed E-state index contributed by atoms with van der Waals surface area (Å²) in [4.78, 5) is 0. The first-order chi connectivity index (χ1) is 6.36. The molecule has 0 unspecified atom stereocenters. The van der Waals surface area contributed by atoms with Gasteiger partial charge in [0.1, 0.15) is 0 Å². The van der Waals surface area contributed by atoms with Crippen LogP contribution in [0.25, 0.3) is 9.40 Å². The molecular weight excluding hydrogens is 200 g/mol. The molecule has 2 N–H and O–H groups in total. The van der Waals surface area contributed by atoms with Crippen LogP contribution >= 0.6 is 22.9 Å². The molecule has 68 valence electrons. The van der Waals surface area contributed by atoms with Crippen LogP contribution in [-0.4, -0.2) is 10.9 Å². The van der Waals surface area contributed by atoms with Crippen LogP contribution in [-0.2, 0) is 5.41 Å². The zero-order valence-electron chi connectivity index (χ0n) is 7.12. The van der Waals surface area contributed by atoms with E-state index in [1.54, 1.807) is 22.9 Å². The van der Waals surface area contributed by atoms with Crippen molar-refractivity contribution in [1.29, 1.82) is 0 Å². The van der Waals surface area contributed by atoms with Gasteiger partial charge in [-0.05, 0) is 35.8 Å². The Morgan fingerprint density at radius 1 is 1.54 bits per heavy atom. The molecule has 4 heteroatoms. The minimum atomic E-state index is 0.253. The molecule has 3 rings (SSSR count). The molecule has 1 fully saturated rings. The lowest BCUT2D eigenvalue weighted by Gasteiger charge is -2.07. The summed E-state index contributed by atoms with van der Waals surface area (Å²) in [5, 5.41) is 2.14. The number of thiophene rings is 1. The maximum atomic E-state index is 5.79. The first-order valence-electron chi connectivity index (χ1n) is 4.39. The molecule has 2 heterocycles. The second-order valence-electron chi connectivity index (χ2n) is 3.63. The van der Waals surface area contributed by atoms with E-state index in [0.717, 1.165) is 6.54 Å². The molecular formula is C9H10N2S2. The summed E-state index contributed by atoms with van der Waals surface area (Å²) in [5.41, 5.74) is 7.31. The standard InChI is InChI=1S/C9H10N2S2/c10-5-9(2-3-9)8-7-6(13-11-8)1-4-12-7/h1,4H,2-3,5,10H2. The predicted molar refractivity (Wildman–Crippen MR) is 57.5 cm³/mol. The Hall–Kier alpha value is -0.450. The lowest BCUT2D eigenvalue weighted by Crippen LogP contribution is -2.19. The molecule has 2 aromatic rings. The van der Waals surface area contributed by atoms with Crippen molar-refractivity contribution in [2.75, 3.05) is 6.54 Å². The Balaban J connectivity index is 2.21. The number of hydrogen-bond donors (Lipinski definition) is 1. The van der Waals surface area contributed by atoms with Gasteiger partial charge in [0.15, 0.2) is 0 Å². The van der Waals surface area contributed by atoms with Crippen LogP contribution in [0.4, 0.5) is 0 Å². The Labute approximate surface area is 84.5 Å². The van der Waals surface area contributed by atoms with Crippen molar-refractivity contribution in [3.05, 3.63) is 17.1 Å².